The quantitative estimate of drug-likeness (QED) is 0.839. The van der Waals surface area contributed by atoms with Crippen molar-refractivity contribution >= 4 is 5.97 Å². The maximum Gasteiger partial charge on any atom is 0.325 e. The highest BCUT2D eigenvalue weighted by Crippen LogP contribution is 2.34. The molecule has 0 aromatic heterocycles. The number of likely N-dealkylation sites (N-methyl/N-ethyl adjacent to an activating group) is 1. The van der Waals surface area contributed by atoms with Gasteiger partial charge < -0.3 is 9.84 Å². The molecule has 4 heteroatoms. The number of nitrogens with zero attached hydrogens (tertiary/aromatic N) is 1. The fraction of sp³-hybridized carbons (Fsp3) is 0.588. The van der Waals surface area contributed by atoms with Crippen molar-refractivity contribution in [1.82, 2.24) is 4.90 Å². The van der Waals surface area contributed by atoms with E-state index in [2.05, 4.69) is 12.1 Å². The summed E-state index contributed by atoms with van der Waals surface area (Å²) in [7, 11) is 3.45. The van der Waals surface area contributed by atoms with Crippen LogP contribution in [0, 0.1) is 0 Å². The summed E-state index contributed by atoms with van der Waals surface area (Å²) in [6.07, 6.45) is 5.14. The zero-order chi connectivity index (χ0) is 15.2. The first-order valence-corrected chi connectivity index (χ1v) is 7.65. The molecule has 21 heavy (non-hydrogen) atoms. The first-order chi connectivity index (χ1) is 10.1. The largest absolute Gasteiger partial charge is 0.480 e. The molecule has 1 aromatic rings. The van der Waals surface area contributed by atoms with E-state index in [1.165, 1.54) is 31.2 Å². The number of benzene rings is 1. The van der Waals surface area contributed by atoms with Crippen LogP contribution >= 0.6 is 0 Å². The van der Waals surface area contributed by atoms with Crippen molar-refractivity contribution in [2.24, 2.45) is 0 Å². The minimum Gasteiger partial charge on any atom is -0.480 e. The highest BCUT2D eigenvalue weighted by Gasteiger charge is 2.25. The van der Waals surface area contributed by atoms with Crippen molar-refractivity contribution in [3.63, 3.8) is 0 Å². The number of ether oxygens (including phenoxy) is 1. The van der Waals surface area contributed by atoms with Crippen LogP contribution in [0.3, 0.4) is 0 Å². The normalized spacial score (nSPS) is 17.3. The van der Waals surface area contributed by atoms with Gasteiger partial charge in [0, 0.05) is 13.7 Å². The van der Waals surface area contributed by atoms with Crippen LogP contribution in [0.25, 0.3) is 0 Å². The van der Waals surface area contributed by atoms with E-state index in [4.69, 9.17) is 4.74 Å². The molecular weight excluding hydrogens is 266 g/mol. The number of aliphatic carboxylic acids is 1. The number of carbonyl (C=O) groups is 1. The smallest absolute Gasteiger partial charge is 0.325 e. The fourth-order valence-corrected chi connectivity index (χ4v) is 3.16. The van der Waals surface area contributed by atoms with Crippen LogP contribution < -0.4 is 0 Å². The van der Waals surface area contributed by atoms with E-state index < -0.39 is 12.0 Å². The van der Waals surface area contributed by atoms with Crippen molar-refractivity contribution in [2.75, 3.05) is 27.3 Å². The SMILES string of the molecule is COCCN(C)[C@@H](C(=O)O)c1ccc(C2CCCC2)cc1. The van der Waals surface area contributed by atoms with E-state index in [9.17, 15) is 9.90 Å². The van der Waals surface area contributed by atoms with Crippen LogP contribution in [-0.2, 0) is 9.53 Å². The van der Waals surface area contributed by atoms with Crippen molar-refractivity contribution in [3.8, 4) is 0 Å². The Morgan fingerprint density at radius 3 is 2.48 bits per heavy atom. The van der Waals surface area contributed by atoms with Gasteiger partial charge in [-0.1, -0.05) is 37.1 Å². The van der Waals surface area contributed by atoms with Gasteiger partial charge in [0.25, 0.3) is 0 Å². The molecule has 0 spiro atoms. The van der Waals surface area contributed by atoms with E-state index in [-0.39, 0.29) is 0 Å². The van der Waals surface area contributed by atoms with Gasteiger partial charge in [0.15, 0.2) is 0 Å². The monoisotopic (exact) mass is 291 g/mol. The zero-order valence-electron chi connectivity index (χ0n) is 12.9. The molecule has 1 aliphatic rings. The maximum absolute atomic E-state index is 11.6. The molecule has 4 nitrogen and oxygen atoms in total. The van der Waals surface area contributed by atoms with Gasteiger partial charge in [-0.15, -0.1) is 0 Å². The minimum atomic E-state index is -0.817. The Kier molecular flexibility index (Phi) is 5.76. The van der Waals surface area contributed by atoms with Gasteiger partial charge in [-0.25, -0.2) is 0 Å². The first kappa shape index (κ1) is 16.0. The highest BCUT2D eigenvalue weighted by molar-refractivity contribution is 5.75. The standard InChI is InChI=1S/C17H25NO3/c1-18(11-12-21-2)16(17(19)20)15-9-7-14(8-10-15)13-5-3-4-6-13/h7-10,13,16H,3-6,11-12H2,1-2H3,(H,19,20)/t16-/m1/s1. The molecule has 0 unspecified atom stereocenters. The minimum absolute atomic E-state index is 0.528. The third kappa shape index (κ3) is 4.05. The van der Waals surface area contributed by atoms with Gasteiger partial charge in [0.1, 0.15) is 6.04 Å². The van der Waals surface area contributed by atoms with Gasteiger partial charge >= 0.3 is 5.97 Å². The molecule has 1 aliphatic carbocycles. The predicted octanol–water partition coefficient (Wildman–Crippen LogP) is 3.05. The van der Waals surface area contributed by atoms with E-state index in [0.29, 0.717) is 19.1 Å². The summed E-state index contributed by atoms with van der Waals surface area (Å²) in [5.74, 6) is -0.157. The molecule has 1 N–H and O–H groups in total. The molecule has 0 aliphatic heterocycles. The van der Waals surface area contributed by atoms with E-state index >= 15 is 0 Å². The predicted molar refractivity (Wildman–Crippen MR) is 82.5 cm³/mol. The Bertz CT molecular complexity index is 452. The summed E-state index contributed by atoms with van der Waals surface area (Å²) in [6, 6.07) is 7.53. The van der Waals surface area contributed by atoms with Gasteiger partial charge in [0.2, 0.25) is 0 Å². The lowest BCUT2D eigenvalue weighted by Crippen LogP contribution is -2.33. The molecule has 0 saturated heterocycles. The molecular formula is C17H25NO3. The molecule has 0 bridgehead atoms. The molecule has 0 radical (unpaired) electrons. The van der Waals surface area contributed by atoms with E-state index in [1.807, 2.05) is 24.1 Å². The van der Waals surface area contributed by atoms with Crippen LogP contribution in [0.1, 0.15) is 48.8 Å². The van der Waals surface area contributed by atoms with E-state index in [1.54, 1.807) is 7.11 Å². The Labute approximate surface area is 126 Å². The van der Waals surface area contributed by atoms with Gasteiger partial charge in [-0.2, -0.15) is 0 Å². The summed E-state index contributed by atoms with van der Waals surface area (Å²) in [5, 5.41) is 9.49. The van der Waals surface area contributed by atoms with Crippen LogP contribution in [-0.4, -0.2) is 43.3 Å². The second-order valence-electron chi connectivity index (χ2n) is 5.86. The molecule has 1 atom stereocenters. The van der Waals surface area contributed by atoms with Crippen molar-refractivity contribution in [2.45, 2.75) is 37.6 Å². The Morgan fingerprint density at radius 2 is 1.95 bits per heavy atom. The summed E-state index contributed by atoms with van der Waals surface area (Å²) < 4.78 is 5.03. The van der Waals surface area contributed by atoms with E-state index in [0.717, 1.165) is 5.56 Å². The number of hydrogen-bond donors (Lipinski definition) is 1. The lowest BCUT2D eigenvalue weighted by atomic mass is 9.95. The molecule has 1 aromatic carbocycles. The highest BCUT2D eigenvalue weighted by atomic mass is 16.5. The number of methoxy groups -OCH3 is 1. The molecule has 1 fully saturated rings. The number of rotatable bonds is 7. The Morgan fingerprint density at radius 1 is 1.33 bits per heavy atom. The Balaban J connectivity index is 2.11. The molecule has 0 amide bonds. The van der Waals surface area contributed by atoms with Crippen molar-refractivity contribution in [3.05, 3.63) is 35.4 Å². The van der Waals surface area contributed by atoms with Crippen LogP contribution in [0.2, 0.25) is 0 Å². The molecule has 0 heterocycles. The summed E-state index contributed by atoms with van der Waals surface area (Å²) in [6.45, 7) is 1.12. The van der Waals surface area contributed by atoms with Crippen LogP contribution in [0.5, 0.6) is 0 Å². The van der Waals surface area contributed by atoms with Gasteiger partial charge in [0.05, 0.1) is 6.61 Å². The molecule has 116 valence electrons. The zero-order valence-corrected chi connectivity index (χ0v) is 12.9. The lowest BCUT2D eigenvalue weighted by Gasteiger charge is -2.25. The average Bonchev–Trinajstić information content (AvgIpc) is 3.00. The van der Waals surface area contributed by atoms with Crippen molar-refractivity contribution < 1.29 is 14.6 Å². The number of carboxylic acids is 1. The Hall–Kier alpha value is -1.39. The number of hydrogen-bond acceptors (Lipinski definition) is 3. The van der Waals surface area contributed by atoms with Gasteiger partial charge in [-0.05, 0) is 36.9 Å². The van der Waals surface area contributed by atoms with Crippen LogP contribution in [0.4, 0.5) is 0 Å². The third-order valence-electron chi connectivity index (χ3n) is 4.40. The fourth-order valence-electron chi connectivity index (χ4n) is 3.16. The average molecular weight is 291 g/mol. The molecule has 2 rings (SSSR count). The second-order valence-corrected chi connectivity index (χ2v) is 5.86. The summed E-state index contributed by atoms with van der Waals surface area (Å²) >= 11 is 0. The lowest BCUT2D eigenvalue weighted by molar-refractivity contribution is -0.143. The van der Waals surface area contributed by atoms with Crippen LogP contribution in [0.15, 0.2) is 24.3 Å². The topological polar surface area (TPSA) is 49.8 Å². The summed E-state index contributed by atoms with van der Waals surface area (Å²) in [4.78, 5) is 13.4. The third-order valence-corrected chi connectivity index (χ3v) is 4.40. The summed E-state index contributed by atoms with van der Waals surface area (Å²) in [5.41, 5.74) is 2.18. The second kappa shape index (κ2) is 7.57. The molecule has 1 saturated carbocycles. The maximum atomic E-state index is 11.6. The van der Waals surface area contributed by atoms with Gasteiger partial charge in [-0.3, -0.25) is 9.69 Å². The van der Waals surface area contributed by atoms with Crippen molar-refractivity contribution in [1.29, 1.82) is 0 Å². The number of carboxylic acid groups (broad SMARTS) is 1. The first-order valence-electron chi connectivity index (χ1n) is 7.65.